The van der Waals surface area contributed by atoms with E-state index in [9.17, 15) is 0 Å². The van der Waals surface area contributed by atoms with E-state index < -0.39 is 0 Å². The number of nitrogen functional groups attached to an aromatic ring is 2. The molecule has 0 amide bonds. The molecule has 0 unspecified atom stereocenters. The van der Waals surface area contributed by atoms with Gasteiger partial charge in [0, 0.05) is 5.56 Å². The standard InChI is InChI=1S/C9H7Cl2N5/c10-5-3-1-2-4(6(5)11)7-8(12)14-9(13)16-15-7/h1-3H,(H4,12,13,14,16)/i8+1,9+1,12+1,13+1,14+1,15+1,16+1. The van der Waals surface area contributed by atoms with Gasteiger partial charge < -0.3 is 11.5 Å². The zero-order chi connectivity index (χ0) is 11.7. The fourth-order valence-electron chi connectivity index (χ4n) is 1.23. The maximum Gasteiger partial charge on any atom is 0.242 e. The van der Waals surface area contributed by atoms with Crippen molar-refractivity contribution in [3.8, 4) is 11.3 Å². The zero-order valence-electron chi connectivity index (χ0n) is 7.98. The first kappa shape index (κ1) is 10.9. The topological polar surface area (TPSA) is 90.7 Å². The molecule has 1 aromatic heterocycles. The van der Waals surface area contributed by atoms with Crippen LogP contribution in [0.15, 0.2) is 18.2 Å². The summed E-state index contributed by atoms with van der Waals surface area (Å²) in [6.07, 6.45) is 0. The normalized spacial score (nSPS) is 10.4. The van der Waals surface area contributed by atoms with Crippen molar-refractivity contribution in [1.82, 2.24) is 15.2 Å². The molecular weight excluding hydrogens is 256 g/mol. The number of hydrogen-bond donors (Lipinski definition) is 2. The summed E-state index contributed by atoms with van der Waals surface area (Å²) in [6.45, 7) is 0. The summed E-state index contributed by atoms with van der Waals surface area (Å²) in [4.78, 5) is 3.80. The summed E-state index contributed by atoms with van der Waals surface area (Å²) < 4.78 is 0. The largest absolute Gasteiger partial charge is 0.382 e. The van der Waals surface area contributed by atoms with Gasteiger partial charge >= 0.3 is 0 Å². The Morgan fingerprint density at radius 2 is 1.81 bits per heavy atom. The van der Waals surface area contributed by atoms with Crippen LogP contribution in [0, 0.1) is 0 Å². The van der Waals surface area contributed by atoms with Gasteiger partial charge in [-0.25, -0.2) is 0 Å². The van der Waals surface area contributed by atoms with Gasteiger partial charge in [0.05, 0.1) is 10.0 Å². The third-order valence-corrected chi connectivity index (χ3v) is 2.76. The Morgan fingerprint density at radius 3 is 2.50 bits per heavy atom. The number of halogens is 2. The van der Waals surface area contributed by atoms with Crippen LogP contribution >= 0.6 is 23.2 Å². The number of benzene rings is 1. The van der Waals surface area contributed by atoms with Crippen molar-refractivity contribution in [2.24, 2.45) is 0 Å². The molecule has 4 N–H and O–H groups in total. The molecule has 0 aliphatic heterocycles. The third-order valence-electron chi connectivity index (χ3n) is 1.94. The predicted molar refractivity (Wildman–Crippen MR) is 64.1 cm³/mol. The highest BCUT2D eigenvalue weighted by molar-refractivity contribution is 6.43. The number of hydrogen-bond acceptors (Lipinski definition) is 5. The van der Waals surface area contributed by atoms with Gasteiger partial charge in [0.2, 0.25) is 5.95 Å². The Kier molecular flexibility index (Phi) is 2.80. The molecule has 0 saturated carbocycles. The van der Waals surface area contributed by atoms with Gasteiger partial charge in [-0.1, -0.05) is 35.3 Å². The van der Waals surface area contributed by atoms with Gasteiger partial charge in [0.25, 0.3) is 0 Å². The van der Waals surface area contributed by atoms with E-state index in [-0.39, 0.29) is 11.8 Å². The van der Waals surface area contributed by atoms with Crippen LogP contribution in [0.3, 0.4) is 0 Å². The van der Waals surface area contributed by atoms with Gasteiger partial charge in [-0.3, -0.25) is 0 Å². The molecule has 0 radical (unpaired) electrons. The lowest BCUT2D eigenvalue weighted by Gasteiger charge is -2.06. The SMILES string of the molecule is [15NH2][13c]1[15n][15n]c(-c2cccc(Cl)c2Cl)[13c]([15NH2])[15n]1. The lowest BCUT2D eigenvalue weighted by Crippen LogP contribution is -2.04. The average Bonchev–Trinajstić information content (AvgIpc) is 2.23. The lowest BCUT2D eigenvalue weighted by atomic mass is 10.2. The molecule has 0 fully saturated rings. The molecule has 1 aromatic carbocycles. The molecular formula is C9H7Cl2N5. The minimum absolute atomic E-state index is 0.0133. The maximum atomic E-state index is 6.03. The summed E-state index contributed by atoms with van der Waals surface area (Å²) in [7, 11) is 0. The molecule has 7 heteroatoms. The number of aromatic nitrogens is 3. The minimum atomic E-state index is 0.0133. The molecule has 0 bridgehead atoms. The second-order valence-electron chi connectivity index (χ2n) is 3.01. The second-order valence-corrected chi connectivity index (χ2v) is 3.79. The van der Waals surface area contributed by atoms with Crippen molar-refractivity contribution >= 4 is 35.0 Å². The molecule has 0 atom stereocenters. The minimum Gasteiger partial charge on any atom is -0.382 e. The van der Waals surface area contributed by atoms with Crippen molar-refractivity contribution in [2.45, 2.75) is 0 Å². The molecule has 0 saturated heterocycles. The highest BCUT2D eigenvalue weighted by Gasteiger charge is 2.12. The van der Waals surface area contributed by atoms with Crippen LogP contribution in [-0.4, -0.2) is 15.2 Å². The number of nitrogens with two attached hydrogens (primary N) is 2. The number of nitrogens with zero attached hydrogens (tertiary/aromatic N) is 3. The van der Waals surface area contributed by atoms with Gasteiger partial charge in [-0.05, 0) is 6.07 Å². The highest BCUT2D eigenvalue weighted by Crippen LogP contribution is 2.33. The van der Waals surface area contributed by atoms with Crippen LogP contribution in [0.2, 0.25) is 10.0 Å². The summed E-state index contributed by atoms with van der Waals surface area (Å²) in [5.74, 6) is 0.177. The van der Waals surface area contributed by atoms with E-state index in [1.165, 1.54) is 0 Å². The van der Waals surface area contributed by atoms with E-state index in [0.717, 1.165) is 0 Å². The molecule has 0 aliphatic carbocycles. The van der Waals surface area contributed by atoms with Crippen molar-refractivity contribution in [3.05, 3.63) is 28.2 Å². The van der Waals surface area contributed by atoms with Crippen molar-refractivity contribution in [3.63, 3.8) is 0 Å². The fourth-order valence-corrected chi connectivity index (χ4v) is 1.62. The van der Waals surface area contributed by atoms with Crippen molar-refractivity contribution < 1.29 is 0 Å². The zero-order valence-corrected chi connectivity index (χ0v) is 9.50. The maximum absolute atomic E-state index is 6.03. The van der Waals surface area contributed by atoms with E-state index in [1.807, 2.05) is 0 Å². The third kappa shape index (κ3) is 1.87. The molecule has 2 aromatic rings. The Labute approximate surface area is 101 Å². The molecule has 5 nitrogen and oxygen atoms in total. The van der Waals surface area contributed by atoms with Gasteiger partial charge in [-0.15, -0.1) is 10.2 Å². The van der Waals surface area contributed by atoms with Gasteiger partial charge in [-0.2, -0.15) is 4.98 Å². The molecule has 2 rings (SSSR count). The van der Waals surface area contributed by atoms with Crippen molar-refractivity contribution in [2.75, 3.05) is 11.5 Å². The molecule has 1 heterocycles. The van der Waals surface area contributed by atoms with Gasteiger partial charge in [0.15, 0.2) is 5.82 Å². The lowest BCUT2D eigenvalue weighted by molar-refractivity contribution is 1.000. The number of anilines is 2. The average molecular weight is 263 g/mol. The van der Waals surface area contributed by atoms with E-state index in [0.29, 0.717) is 21.3 Å². The van der Waals surface area contributed by atoms with Crippen LogP contribution < -0.4 is 11.5 Å². The Bertz CT molecular complexity index is 543. The van der Waals surface area contributed by atoms with Crippen LogP contribution in [0.25, 0.3) is 11.3 Å². The smallest absolute Gasteiger partial charge is 0.242 e. The first-order valence-electron chi connectivity index (χ1n) is 4.29. The Hall–Kier alpha value is -1.59. The first-order valence-corrected chi connectivity index (χ1v) is 5.05. The monoisotopic (exact) mass is 262 g/mol. The predicted octanol–water partition coefficient (Wildman–Crippen LogP) is 2.01. The number of rotatable bonds is 1. The van der Waals surface area contributed by atoms with E-state index in [4.69, 9.17) is 34.7 Å². The molecule has 82 valence electrons. The fraction of sp³-hybridized carbons (Fsp3) is 0. The molecule has 0 spiro atoms. The van der Waals surface area contributed by atoms with Crippen LogP contribution in [0.4, 0.5) is 11.8 Å². The Morgan fingerprint density at radius 1 is 1.06 bits per heavy atom. The summed E-state index contributed by atoms with van der Waals surface area (Å²) in [6, 6.07) is 5.13. The first-order chi connectivity index (χ1) is 7.59. The quantitative estimate of drug-likeness (QED) is 0.768. The van der Waals surface area contributed by atoms with Crippen LogP contribution in [-0.2, 0) is 0 Å². The van der Waals surface area contributed by atoms with Gasteiger partial charge in [0.1, 0.15) is 5.69 Å². The van der Waals surface area contributed by atoms with E-state index >= 15 is 0 Å². The molecule has 16 heavy (non-hydrogen) atoms. The second kappa shape index (κ2) is 4.11. The Balaban J connectivity index is 2.63. The summed E-state index contributed by atoms with van der Waals surface area (Å²) in [5, 5.41) is 8.24. The van der Waals surface area contributed by atoms with Crippen molar-refractivity contribution in [1.29, 1.82) is 0 Å². The van der Waals surface area contributed by atoms with Crippen LogP contribution in [0.5, 0.6) is 0 Å². The van der Waals surface area contributed by atoms with E-state index in [1.54, 1.807) is 18.2 Å². The highest BCUT2D eigenvalue weighted by atomic mass is 35.5. The van der Waals surface area contributed by atoms with E-state index in [2.05, 4.69) is 15.2 Å². The van der Waals surface area contributed by atoms with Crippen LogP contribution in [0.1, 0.15) is 0 Å². The molecule has 0 aliphatic rings. The summed E-state index contributed by atoms with van der Waals surface area (Å²) in [5.41, 5.74) is 12.0. The summed E-state index contributed by atoms with van der Waals surface area (Å²) >= 11 is 11.9.